The van der Waals surface area contributed by atoms with Crippen molar-refractivity contribution in [2.75, 3.05) is 11.9 Å². The first kappa shape index (κ1) is 12.7. The number of hydrogen-bond donors (Lipinski definition) is 1. The van der Waals surface area contributed by atoms with Crippen LogP contribution in [-0.4, -0.2) is 22.1 Å². The summed E-state index contributed by atoms with van der Waals surface area (Å²) in [4.78, 5) is 8.68. The van der Waals surface area contributed by atoms with Crippen LogP contribution < -0.4 is 10.1 Å². The van der Waals surface area contributed by atoms with Crippen molar-refractivity contribution in [1.29, 1.82) is 0 Å². The normalized spacial score (nSPS) is 11.4. The number of aromatic nitrogens is 2. The molecular weight excluding hydrogens is 202 g/mol. The molecule has 0 saturated carbocycles. The summed E-state index contributed by atoms with van der Waals surface area (Å²) in [7, 11) is 0. The third-order valence-electron chi connectivity index (χ3n) is 1.96. The molecule has 1 rings (SSSR count). The zero-order chi connectivity index (χ0) is 12.3. The molecule has 0 aliphatic carbocycles. The van der Waals surface area contributed by atoms with Gasteiger partial charge in [0.05, 0.1) is 5.56 Å². The molecule has 0 aliphatic rings. The Hall–Kier alpha value is -1.32. The predicted molar refractivity (Wildman–Crippen MR) is 66.1 cm³/mol. The topological polar surface area (TPSA) is 47.0 Å². The van der Waals surface area contributed by atoms with Crippen LogP contribution in [0.1, 0.15) is 39.1 Å². The Morgan fingerprint density at radius 3 is 2.31 bits per heavy atom. The van der Waals surface area contributed by atoms with Crippen LogP contribution in [0.3, 0.4) is 0 Å². The predicted octanol–water partition coefficient (Wildman–Crippen LogP) is 2.70. The fraction of sp³-hybridized carbons (Fsp3) is 0.667. The van der Waals surface area contributed by atoms with Gasteiger partial charge in [-0.2, -0.15) is 4.98 Å². The van der Waals surface area contributed by atoms with E-state index in [-0.39, 0.29) is 5.60 Å². The second-order valence-electron chi connectivity index (χ2n) is 4.79. The SMILES string of the molecule is CCNc1nc(C)nc(OC(C)(C)C)c1C. The van der Waals surface area contributed by atoms with Crippen LogP contribution in [0.15, 0.2) is 0 Å². The van der Waals surface area contributed by atoms with Crippen LogP contribution in [0.5, 0.6) is 5.88 Å². The molecule has 4 heteroatoms. The van der Waals surface area contributed by atoms with Crippen LogP contribution in [0.4, 0.5) is 5.82 Å². The summed E-state index contributed by atoms with van der Waals surface area (Å²) in [6.45, 7) is 12.8. The van der Waals surface area contributed by atoms with Crippen molar-refractivity contribution >= 4 is 5.82 Å². The van der Waals surface area contributed by atoms with E-state index in [9.17, 15) is 0 Å². The van der Waals surface area contributed by atoms with Crippen molar-refractivity contribution in [3.63, 3.8) is 0 Å². The first-order valence-electron chi connectivity index (χ1n) is 5.61. The molecule has 1 aromatic rings. The molecule has 0 spiro atoms. The molecule has 0 fully saturated rings. The van der Waals surface area contributed by atoms with Gasteiger partial charge in [-0.05, 0) is 41.5 Å². The maximum Gasteiger partial charge on any atom is 0.222 e. The fourth-order valence-corrected chi connectivity index (χ4v) is 1.33. The molecule has 0 bridgehead atoms. The van der Waals surface area contributed by atoms with Gasteiger partial charge in [0.1, 0.15) is 17.2 Å². The first-order chi connectivity index (χ1) is 7.33. The summed E-state index contributed by atoms with van der Waals surface area (Å²) < 4.78 is 5.81. The zero-order valence-corrected chi connectivity index (χ0v) is 11.0. The van der Waals surface area contributed by atoms with E-state index in [0.717, 1.165) is 23.8 Å². The number of anilines is 1. The van der Waals surface area contributed by atoms with Gasteiger partial charge in [-0.3, -0.25) is 0 Å². The molecule has 0 aliphatic heterocycles. The van der Waals surface area contributed by atoms with Crippen LogP contribution in [0.2, 0.25) is 0 Å². The van der Waals surface area contributed by atoms with Crippen molar-refractivity contribution in [2.24, 2.45) is 0 Å². The van der Waals surface area contributed by atoms with E-state index in [0.29, 0.717) is 5.88 Å². The maximum absolute atomic E-state index is 5.81. The Bertz CT molecular complexity index is 369. The summed E-state index contributed by atoms with van der Waals surface area (Å²) in [6, 6.07) is 0. The molecule has 1 heterocycles. The highest BCUT2D eigenvalue weighted by Gasteiger charge is 2.17. The second-order valence-corrected chi connectivity index (χ2v) is 4.79. The average molecular weight is 223 g/mol. The van der Waals surface area contributed by atoms with E-state index in [4.69, 9.17) is 4.74 Å². The van der Waals surface area contributed by atoms with Gasteiger partial charge < -0.3 is 10.1 Å². The monoisotopic (exact) mass is 223 g/mol. The maximum atomic E-state index is 5.81. The van der Waals surface area contributed by atoms with Gasteiger partial charge in [-0.15, -0.1) is 0 Å². The highest BCUT2D eigenvalue weighted by molar-refractivity contribution is 5.48. The Morgan fingerprint density at radius 2 is 1.81 bits per heavy atom. The molecule has 0 aromatic carbocycles. The molecule has 90 valence electrons. The van der Waals surface area contributed by atoms with Gasteiger partial charge >= 0.3 is 0 Å². The Balaban J connectivity index is 3.09. The van der Waals surface area contributed by atoms with Crippen molar-refractivity contribution < 1.29 is 4.74 Å². The van der Waals surface area contributed by atoms with E-state index in [1.54, 1.807) is 0 Å². The largest absolute Gasteiger partial charge is 0.472 e. The lowest BCUT2D eigenvalue weighted by molar-refractivity contribution is 0.122. The molecule has 4 nitrogen and oxygen atoms in total. The van der Waals surface area contributed by atoms with E-state index >= 15 is 0 Å². The molecular formula is C12H21N3O. The van der Waals surface area contributed by atoms with Crippen LogP contribution >= 0.6 is 0 Å². The molecule has 1 N–H and O–H groups in total. The summed E-state index contributed by atoms with van der Waals surface area (Å²) >= 11 is 0. The Labute approximate surface area is 97.5 Å². The number of hydrogen-bond acceptors (Lipinski definition) is 4. The van der Waals surface area contributed by atoms with Crippen LogP contribution in [0.25, 0.3) is 0 Å². The van der Waals surface area contributed by atoms with Crippen LogP contribution in [-0.2, 0) is 0 Å². The van der Waals surface area contributed by atoms with E-state index < -0.39 is 0 Å². The Morgan fingerprint density at radius 1 is 1.19 bits per heavy atom. The van der Waals surface area contributed by atoms with Crippen molar-refractivity contribution in [3.05, 3.63) is 11.4 Å². The van der Waals surface area contributed by atoms with Crippen molar-refractivity contribution in [2.45, 2.75) is 47.1 Å². The minimum absolute atomic E-state index is 0.241. The summed E-state index contributed by atoms with van der Waals surface area (Å²) in [5.74, 6) is 2.24. The smallest absolute Gasteiger partial charge is 0.222 e. The summed E-state index contributed by atoms with van der Waals surface area (Å²) in [5.41, 5.74) is 0.719. The molecule has 0 saturated heterocycles. The minimum atomic E-state index is -0.241. The number of rotatable bonds is 3. The lowest BCUT2D eigenvalue weighted by Crippen LogP contribution is -2.24. The molecule has 0 amide bonds. The standard InChI is InChI=1S/C12H21N3O/c1-7-13-10-8(2)11(15-9(3)14-10)16-12(4,5)6/h7H2,1-6H3,(H,13,14,15). The molecule has 0 unspecified atom stereocenters. The van der Waals surface area contributed by atoms with Crippen molar-refractivity contribution in [1.82, 2.24) is 9.97 Å². The summed E-state index contributed by atoms with van der Waals surface area (Å²) in [6.07, 6.45) is 0. The quantitative estimate of drug-likeness (QED) is 0.855. The first-order valence-corrected chi connectivity index (χ1v) is 5.61. The lowest BCUT2D eigenvalue weighted by atomic mass is 10.2. The minimum Gasteiger partial charge on any atom is -0.472 e. The highest BCUT2D eigenvalue weighted by atomic mass is 16.5. The van der Waals surface area contributed by atoms with Gasteiger partial charge in [0.25, 0.3) is 0 Å². The molecule has 0 atom stereocenters. The molecule has 16 heavy (non-hydrogen) atoms. The third-order valence-corrected chi connectivity index (χ3v) is 1.96. The van der Waals surface area contributed by atoms with Gasteiger partial charge in [0.15, 0.2) is 0 Å². The van der Waals surface area contributed by atoms with E-state index in [2.05, 4.69) is 15.3 Å². The van der Waals surface area contributed by atoms with Gasteiger partial charge in [0, 0.05) is 6.54 Å². The molecule has 1 aromatic heterocycles. The Kier molecular flexibility index (Phi) is 3.73. The highest BCUT2D eigenvalue weighted by Crippen LogP contribution is 2.25. The van der Waals surface area contributed by atoms with Crippen LogP contribution in [0, 0.1) is 13.8 Å². The zero-order valence-electron chi connectivity index (χ0n) is 11.0. The van der Waals surface area contributed by atoms with E-state index in [1.165, 1.54) is 0 Å². The van der Waals surface area contributed by atoms with Gasteiger partial charge in [-0.1, -0.05) is 0 Å². The summed E-state index contributed by atoms with van der Waals surface area (Å²) in [5, 5.41) is 3.21. The lowest BCUT2D eigenvalue weighted by Gasteiger charge is -2.22. The van der Waals surface area contributed by atoms with Crippen molar-refractivity contribution in [3.8, 4) is 5.88 Å². The second kappa shape index (κ2) is 4.68. The van der Waals surface area contributed by atoms with Gasteiger partial charge in [0.2, 0.25) is 5.88 Å². The van der Waals surface area contributed by atoms with Gasteiger partial charge in [-0.25, -0.2) is 4.98 Å². The third kappa shape index (κ3) is 3.36. The number of ether oxygens (including phenoxy) is 1. The number of aryl methyl sites for hydroxylation is 1. The fourth-order valence-electron chi connectivity index (χ4n) is 1.33. The van der Waals surface area contributed by atoms with E-state index in [1.807, 2.05) is 41.5 Å². The molecule has 0 radical (unpaired) electrons. The number of nitrogens with one attached hydrogen (secondary N) is 1. The average Bonchev–Trinajstić information content (AvgIpc) is 2.11. The number of nitrogens with zero attached hydrogens (tertiary/aromatic N) is 2.